The summed E-state index contributed by atoms with van der Waals surface area (Å²) in [5.41, 5.74) is 11.0. The molecule has 4 nitrogen and oxygen atoms in total. The van der Waals surface area contributed by atoms with Crippen molar-refractivity contribution in [3.63, 3.8) is 0 Å². The van der Waals surface area contributed by atoms with Crippen molar-refractivity contribution in [3.05, 3.63) is 194 Å². The molecule has 0 N–H and O–H groups in total. The molecule has 4 heteroatoms. The Labute approximate surface area is 307 Å². The van der Waals surface area contributed by atoms with Gasteiger partial charge in [-0.2, -0.15) is 0 Å². The zero-order chi connectivity index (χ0) is 35.1. The van der Waals surface area contributed by atoms with Crippen LogP contribution in [0.25, 0.3) is 94.7 Å². The summed E-state index contributed by atoms with van der Waals surface area (Å²) in [6.45, 7) is 0. The van der Waals surface area contributed by atoms with Gasteiger partial charge in [-0.15, -0.1) is 0 Å². The van der Waals surface area contributed by atoms with Crippen LogP contribution in [0, 0.1) is 0 Å². The Morgan fingerprint density at radius 3 is 1.57 bits per heavy atom. The maximum Gasteiger partial charge on any atom is 0.164 e. The molecule has 0 saturated carbocycles. The number of fused-ring (bicyclic) bond motifs is 4. The van der Waals surface area contributed by atoms with E-state index in [1.54, 1.807) is 0 Å². The Morgan fingerprint density at radius 1 is 0.283 bits per heavy atom. The van der Waals surface area contributed by atoms with Crippen LogP contribution in [0.15, 0.2) is 194 Å². The summed E-state index contributed by atoms with van der Waals surface area (Å²) in [5.74, 6) is 1.94. The van der Waals surface area contributed by atoms with Crippen molar-refractivity contribution in [3.8, 4) is 62.1 Å². The van der Waals surface area contributed by atoms with Crippen LogP contribution in [0.2, 0.25) is 0 Å². The predicted molar refractivity (Wildman–Crippen MR) is 219 cm³/mol. The maximum atomic E-state index is 5.05. The number of aromatic nitrogens is 4. The molecule has 0 aliphatic carbocycles. The minimum absolute atomic E-state index is 0.639. The van der Waals surface area contributed by atoms with E-state index in [2.05, 4.69) is 168 Å². The minimum atomic E-state index is 0.639. The largest absolute Gasteiger partial charge is 0.309 e. The highest BCUT2D eigenvalue weighted by atomic mass is 15.0. The molecular weight excluding hydrogens is 645 g/mol. The second-order valence-electron chi connectivity index (χ2n) is 13.3. The Morgan fingerprint density at radius 2 is 0.792 bits per heavy atom. The molecular formula is C49H32N4. The highest BCUT2D eigenvalue weighted by Gasteiger charge is 2.15. The maximum absolute atomic E-state index is 5.05. The van der Waals surface area contributed by atoms with Crippen molar-refractivity contribution in [1.29, 1.82) is 0 Å². The van der Waals surface area contributed by atoms with Gasteiger partial charge in [-0.05, 0) is 69.4 Å². The van der Waals surface area contributed by atoms with Crippen LogP contribution in [-0.2, 0) is 0 Å². The van der Waals surface area contributed by atoms with Crippen LogP contribution in [0.4, 0.5) is 0 Å². The number of hydrogen-bond acceptors (Lipinski definition) is 3. The summed E-state index contributed by atoms with van der Waals surface area (Å²) in [5, 5.41) is 4.82. The molecule has 0 aliphatic heterocycles. The standard InChI is InChI=1S/C49H32N4/c1-3-12-33(13-4-1)39-26-29-44-43-20-9-10-21-45(43)53(46(44)32-39)42-27-24-35(25-28-42)38-18-11-19-40(30-38)48-50-47(36-15-5-2-6-16-36)51-49(52-48)41-23-22-34-14-7-8-17-37(34)31-41/h1-32H. The van der Waals surface area contributed by atoms with Gasteiger partial charge in [0.1, 0.15) is 0 Å². The van der Waals surface area contributed by atoms with Crippen molar-refractivity contribution >= 4 is 32.6 Å². The van der Waals surface area contributed by atoms with E-state index in [-0.39, 0.29) is 0 Å². The van der Waals surface area contributed by atoms with E-state index in [1.807, 2.05) is 30.3 Å². The average molecular weight is 677 g/mol. The zero-order valence-electron chi connectivity index (χ0n) is 28.8. The first-order valence-electron chi connectivity index (χ1n) is 17.9. The van der Waals surface area contributed by atoms with E-state index in [1.165, 1.54) is 38.3 Å². The smallest absolute Gasteiger partial charge is 0.164 e. The Balaban J connectivity index is 1.05. The molecule has 0 aliphatic rings. The fraction of sp³-hybridized carbons (Fsp3) is 0. The molecule has 10 aromatic rings. The molecule has 2 aromatic heterocycles. The molecule has 2 heterocycles. The van der Waals surface area contributed by atoms with E-state index >= 15 is 0 Å². The summed E-state index contributed by atoms with van der Waals surface area (Å²) in [6.07, 6.45) is 0. The van der Waals surface area contributed by atoms with E-state index in [9.17, 15) is 0 Å². The predicted octanol–water partition coefficient (Wildman–Crippen LogP) is 12.5. The lowest BCUT2D eigenvalue weighted by Gasteiger charge is -2.12. The molecule has 0 bridgehead atoms. The van der Waals surface area contributed by atoms with Crippen LogP contribution in [-0.4, -0.2) is 19.5 Å². The van der Waals surface area contributed by atoms with Gasteiger partial charge in [0.2, 0.25) is 0 Å². The van der Waals surface area contributed by atoms with Gasteiger partial charge in [-0.25, -0.2) is 15.0 Å². The van der Waals surface area contributed by atoms with Gasteiger partial charge >= 0.3 is 0 Å². The second kappa shape index (κ2) is 12.9. The SMILES string of the molecule is c1ccc(-c2ccc3c4ccccc4n(-c4ccc(-c5cccc(-c6nc(-c7ccccc7)nc(-c7ccc8ccccc8c7)n6)c5)cc4)c3c2)cc1. The molecule has 0 spiro atoms. The molecule has 0 amide bonds. The first-order valence-corrected chi connectivity index (χ1v) is 17.9. The monoisotopic (exact) mass is 676 g/mol. The van der Waals surface area contributed by atoms with Crippen molar-refractivity contribution in [2.75, 3.05) is 0 Å². The van der Waals surface area contributed by atoms with Crippen LogP contribution < -0.4 is 0 Å². The van der Waals surface area contributed by atoms with Gasteiger partial charge in [-0.1, -0.05) is 158 Å². The topological polar surface area (TPSA) is 43.6 Å². The van der Waals surface area contributed by atoms with Crippen LogP contribution in [0.5, 0.6) is 0 Å². The summed E-state index contributed by atoms with van der Waals surface area (Å²) >= 11 is 0. The van der Waals surface area contributed by atoms with E-state index in [0.29, 0.717) is 17.5 Å². The molecule has 8 aromatic carbocycles. The summed E-state index contributed by atoms with van der Waals surface area (Å²) < 4.78 is 2.38. The van der Waals surface area contributed by atoms with E-state index in [0.717, 1.165) is 38.9 Å². The lowest BCUT2D eigenvalue weighted by molar-refractivity contribution is 1.07. The van der Waals surface area contributed by atoms with E-state index in [4.69, 9.17) is 15.0 Å². The first-order chi connectivity index (χ1) is 26.2. The van der Waals surface area contributed by atoms with Gasteiger partial charge in [-0.3, -0.25) is 0 Å². The lowest BCUT2D eigenvalue weighted by atomic mass is 10.0. The quantitative estimate of drug-likeness (QED) is 0.176. The fourth-order valence-corrected chi connectivity index (χ4v) is 7.38. The number of benzene rings is 8. The summed E-state index contributed by atoms with van der Waals surface area (Å²) in [6, 6.07) is 68.2. The Kier molecular flexibility index (Phi) is 7.43. The Hall–Kier alpha value is -7.17. The minimum Gasteiger partial charge on any atom is -0.309 e. The number of nitrogens with zero attached hydrogens (tertiary/aromatic N) is 4. The van der Waals surface area contributed by atoms with Crippen molar-refractivity contribution in [2.45, 2.75) is 0 Å². The number of para-hydroxylation sites is 1. The molecule has 0 atom stereocenters. The first kappa shape index (κ1) is 30.6. The fourth-order valence-electron chi connectivity index (χ4n) is 7.38. The highest BCUT2D eigenvalue weighted by molar-refractivity contribution is 6.10. The normalized spacial score (nSPS) is 11.4. The summed E-state index contributed by atoms with van der Waals surface area (Å²) in [7, 11) is 0. The molecule has 248 valence electrons. The van der Waals surface area contributed by atoms with Crippen molar-refractivity contribution in [2.24, 2.45) is 0 Å². The zero-order valence-corrected chi connectivity index (χ0v) is 28.8. The van der Waals surface area contributed by atoms with Gasteiger partial charge in [0.15, 0.2) is 17.5 Å². The van der Waals surface area contributed by atoms with Crippen LogP contribution >= 0.6 is 0 Å². The molecule has 0 radical (unpaired) electrons. The lowest BCUT2D eigenvalue weighted by Crippen LogP contribution is -2.00. The average Bonchev–Trinajstić information content (AvgIpc) is 3.58. The van der Waals surface area contributed by atoms with Crippen LogP contribution in [0.1, 0.15) is 0 Å². The third kappa shape index (κ3) is 5.63. The molecule has 0 saturated heterocycles. The second-order valence-corrected chi connectivity index (χ2v) is 13.3. The van der Waals surface area contributed by atoms with Gasteiger partial charge in [0.05, 0.1) is 11.0 Å². The number of hydrogen-bond donors (Lipinski definition) is 0. The van der Waals surface area contributed by atoms with Gasteiger partial charge in [0.25, 0.3) is 0 Å². The van der Waals surface area contributed by atoms with Gasteiger partial charge in [0, 0.05) is 33.2 Å². The van der Waals surface area contributed by atoms with Crippen LogP contribution in [0.3, 0.4) is 0 Å². The summed E-state index contributed by atoms with van der Waals surface area (Å²) in [4.78, 5) is 15.0. The molecule has 10 rings (SSSR count). The third-order valence-corrected chi connectivity index (χ3v) is 10.0. The highest BCUT2D eigenvalue weighted by Crippen LogP contribution is 2.36. The molecule has 0 unspecified atom stereocenters. The third-order valence-electron chi connectivity index (χ3n) is 10.0. The van der Waals surface area contributed by atoms with Gasteiger partial charge < -0.3 is 4.57 Å². The molecule has 53 heavy (non-hydrogen) atoms. The van der Waals surface area contributed by atoms with Crippen molar-refractivity contribution < 1.29 is 0 Å². The van der Waals surface area contributed by atoms with E-state index < -0.39 is 0 Å². The molecule has 0 fully saturated rings. The van der Waals surface area contributed by atoms with Crippen molar-refractivity contribution in [1.82, 2.24) is 19.5 Å². The Bertz CT molecular complexity index is 2930. The number of rotatable bonds is 6.